The van der Waals surface area contributed by atoms with E-state index in [1.54, 1.807) is 0 Å². The van der Waals surface area contributed by atoms with Gasteiger partial charge in [-0.1, -0.05) is 62.3 Å². The van der Waals surface area contributed by atoms with Gasteiger partial charge in [0.25, 0.3) is 0 Å². The molecule has 0 spiro atoms. The van der Waals surface area contributed by atoms with E-state index in [-0.39, 0.29) is 24.5 Å². The van der Waals surface area contributed by atoms with Crippen LogP contribution in [0.2, 0.25) is 0 Å². The van der Waals surface area contributed by atoms with E-state index in [1.165, 1.54) is 97.6 Å². The zero-order valence-corrected chi connectivity index (χ0v) is 45.9. The second-order valence-corrected chi connectivity index (χ2v) is 22.0. The summed E-state index contributed by atoms with van der Waals surface area (Å²) >= 11 is 0. The van der Waals surface area contributed by atoms with E-state index in [0.717, 1.165) is 9.13 Å². The molecule has 0 aromatic carbocycles. The van der Waals surface area contributed by atoms with Gasteiger partial charge in [-0.25, -0.2) is 34.2 Å². The quantitative estimate of drug-likeness (QED) is 0.0507. The maximum Gasteiger partial charge on any atom is 0.490 e. The minimum Gasteiger partial charge on any atom is -0.390 e. The van der Waals surface area contributed by atoms with Crippen molar-refractivity contribution < 1.29 is 76.1 Å². The molecule has 9 N–H and O–H groups in total. The van der Waals surface area contributed by atoms with Crippen molar-refractivity contribution in [3.05, 3.63) is 45.5 Å². The average molecular weight is 1090 g/mol. The first-order valence-corrected chi connectivity index (χ1v) is 28.7. The van der Waals surface area contributed by atoms with Gasteiger partial charge in [-0.15, -0.1) is 0 Å². The lowest BCUT2D eigenvalue weighted by Crippen LogP contribution is -2.43. The number of hydrogen-bond acceptors (Lipinski definition) is 22. The summed E-state index contributed by atoms with van der Waals surface area (Å²) in [5.41, 5.74) is 0.478. The molecule has 2 aromatic rings. The molecule has 27 nitrogen and oxygen atoms in total. The van der Waals surface area contributed by atoms with Gasteiger partial charge in [-0.05, 0) is 95.7 Å². The van der Waals surface area contributed by atoms with Crippen LogP contribution in [0.4, 0.5) is 11.6 Å². The van der Waals surface area contributed by atoms with Gasteiger partial charge in [-0.3, -0.25) is 27.9 Å². The highest BCUT2D eigenvalue weighted by Crippen LogP contribution is 2.70. The minimum absolute atomic E-state index is 0.0706. The Morgan fingerprint density at radius 2 is 0.861 bits per heavy atom. The summed E-state index contributed by atoms with van der Waals surface area (Å²) in [5, 5.41) is 42.9. The monoisotopic (exact) mass is 1090 g/mol. The van der Waals surface area contributed by atoms with Crippen molar-refractivity contribution in [1.29, 1.82) is 0 Å². The molecule has 12 atom stereocenters. The molecule has 6 rings (SSSR count). The number of aliphatic hydroxyl groups excluding tert-OH is 4. The maximum atomic E-state index is 12.6. The number of aliphatic hydroxyl groups is 4. The van der Waals surface area contributed by atoms with Crippen LogP contribution in [0.1, 0.15) is 75.2 Å². The number of nitrogens with zero attached hydrogens (tertiary/aromatic N) is 7. The lowest BCUT2D eigenvalue weighted by molar-refractivity contribution is -0.0285. The molecule has 2 aromatic heterocycles. The molecule has 0 aliphatic heterocycles. The number of nitrogens with one attached hydrogen (secondary N) is 2. The molecule has 4 fully saturated rings. The summed E-state index contributed by atoms with van der Waals surface area (Å²) < 4.78 is 57.7. The molecule has 72 heavy (non-hydrogen) atoms. The highest BCUT2D eigenvalue weighted by molar-refractivity contribution is 7.66. The lowest BCUT2D eigenvalue weighted by atomic mass is 10.0. The van der Waals surface area contributed by atoms with Crippen molar-refractivity contribution in [2.45, 2.75) is 111 Å². The third-order valence-electron chi connectivity index (χ3n) is 13.9. The standard InChI is InChI=1S/C24H35N6O18P3.3C6H15N/c1-43-27-15-3-5-29(21(35)25-15)23-7-13(23)11(17(31)19(23)33)9-45-49(37,38)47-51(41,42)48-50(39,40)46-10-12-14-8-24(14,20(34)18(12)32)30-6-4-16(28-44-2)26-22(30)36;3*1-4-7(5-2)6-3/h3-6,11-14,17-20,31-34H,7-10H2,1-2H3,(H,37,38)(H,39,40)(H,41,42)(H,25,27,35)(H,26,28,36);3*4-6H2,1-3H3/t11-,12-,13-,14-,17+,18+,19+,20+,23+,24+;;;/m0.../s1. The first-order valence-electron chi connectivity index (χ1n) is 24.2. The lowest BCUT2D eigenvalue weighted by Gasteiger charge is -2.25. The Labute approximate surface area is 421 Å². The molecular formula is C42H80N9O18P3. The fourth-order valence-corrected chi connectivity index (χ4v) is 13.1. The average Bonchev–Trinajstić information content (AvgIpc) is 4.22. The highest BCUT2D eigenvalue weighted by atomic mass is 31.3. The number of phosphoric ester groups is 2. The Morgan fingerprint density at radius 1 is 0.569 bits per heavy atom. The Balaban J connectivity index is 0.000000545. The maximum absolute atomic E-state index is 12.6. The summed E-state index contributed by atoms with van der Waals surface area (Å²) in [4.78, 5) is 79.6. The van der Waals surface area contributed by atoms with E-state index in [4.69, 9.17) is 18.7 Å². The third kappa shape index (κ3) is 15.7. The van der Waals surface area contributed by atoms with E-state index in [2.05, 4.69) is 107 Å². The largest absolute Gasteiger partial charge is 0.490 e. The molecule has 0 radical (unpaired) electrons. The molecule has 30 heteroatoms. The van der Waals surface area contributed by atoms with Crippen LogP contribution in [0.15, 0.2) is 34.1 Å². The second-order valence-electron chi connectivity index (χ2n) is 17.4. The Kier molecular flexibility index (Phi) is 24.8. The van der Waals surface area contributed by atoms with Crippen molar-refractivity contribution in [3.8, 4) is 0 Å². The van der Waals surface area contributed by atoms with E-state index in [9.17, 15) is 58.4 Å². The Bertz CT molecular complexity index is 2080. The van der Waals surface area contributed by atoms with Crippen LogP contribution in [0.25, 0.3) is 0 Å². The van der Waals surface area contributed by atoms with Gasteiger partial charge in [0.1, 0.15) is 12.2 Å². The summed E-state index contributed by atoms with van der Waals surface area (Å²) in [5.74, 6) is -3.39. The van der Waals surface area contributed by atoms with Crippen molar-refractivity contribution in [1.82, 2.24) is 33.8 Å². The van der Waals surface area contributed by atoms with Gasteiger partial charge >= 0.3 is 34.8 Å². The van der Waals surface area contributed by atoms with Crippen LogP contribution in [-0.4, -0.2) is 180 Å². The minimum atomic E-state index is -5.92. The fraction of sp³-hybridized carbons (Fsp3) is 0.810. The van der Waals surface area contributed by atoms with Crippen molar-refractivity contribution in [2.75, 3.05) is 97.3 Å². The van der Waals surface area contributed by atoms with E-state index in [1.807, 2.05) is 0 Å². The zero-order chi connectivity index (χ0) is 54.4. The molecule has 4 aliphatic rings. The molecule has 0 amide bonds. The molecule has 416 valence electrons. The zero-order valence-electron chi connectivity index (χ0n) is 43.2. The van der Waals surface area contributed by atoms with E-state index in [0.29, 0.717) is 0 Å². The SMILES string of the molecule is CCN(CC)CC.CCN(CC)CC.CCN(CC)CC.CONc1ccn([C@]23C[C@H]2[C@H](COP(=O)(O)OP(=O)(O)OP(=O)(O)OC[C@@H]2[C@@H](O)[C@@H](O)[C@@]4(n5ccc(NOC)nc5=O)C[C@@H]24)[C@@H](O)[C@H]3O)c(=O)n1. The Morgan fingerprint density at radius 3 is 1.10 bits per heavy atom. The molecule has 2 unspecified atom stereocenters. The number of hydrogen-bond donors (Lipinski definition) is 9. The van der Waals surface area contributed by atoms with Crippen LogP contribution >= 0.6 is 23.5 Å². The summed E-state index contributed by atoms with van der Waals surface area (Å²) in [6, 6.07) is 2.74. The van der Waals surface area contributed by atoms with Crippen LogP contribution in [0.3, 0.4) is 0 Å². The van der Waals surface area contributed by atoms with Crippen molar-refractivity contribution >= 4 is 35.1 Å². The number of anilines is 2. The van der Waals surface area contributed by atoms with Crippen LogP contribution < -0.4 is 22.3 Å². The first kappa shape index (κ1) is 63.7. The highest BCUT2D eigenvalue weighted by Gasteiger charge is 2.74. The fourth-order valence-electron chi connectivity index (χ4n) is 9.57. The van der Waals surface area contributed by atoms with Gasteiger partial charge in [0.2, 0.25) is 0 Å². The van der Waals surface area contributed by atoms with Crippen LogP contribution in [0, 0.1) is 23.7 Å². The summed E-state index contributed by atoms with van der Waals surface area (Å²) in [6.45, 7) is 28.7. The van der Waals surface area contributed by atoms with Crippen LogP contribution in [-0.2, 0) is 52.1 Å². The number of fused-ring (bicyclic) bond motifs is 2. The van der Waals surface area contributed by atoms with Gasteiger partial charge in [0.05, 0.1) is 50.7 Å². The molecule has 4 aliphatic carbocycles. The molecule has 4 saturated carbocycles. The molecular weight excluding hydrogens is 1010 g/mol. The van der Waals surface area contributed by atoms with E-state index < -0.39 is 107 Å². The van der Waals surface area contributed by atoms with Crippen molar-refractivity contribution in [3.63, 3.8) is 0 Å². The predicted octanol–water partition coefficient (Wildman–Crippen LogP) is 1.99. The first-order chi connectivity index (χ1) is 33.9. The molecule has 0 bridgehead atoms. The van der Waals surface area contributed by atoms with Crippen LogP contribution in [0.5, 0.6) is 0 Å². The molecule has 2 heterocycles. The van der Waals surface area contributed by atoms with Gasteiger partial charge in [0.15, 0.2) is 11.6 Å². The summed E-state index contributed by atoms with van der Waals surface area (Å²) in [6.07, 6.45) is -3.41. The number of aromatic nitrogens is 4. The second kappa shape index (κ2) is 28.0. The van der Waals surface area contributed by atoms with Gasteiger partial charge < -0.3 is 49.8 Å². The van der Waals surface area contributed by atoms with Gasteiger partial charge in [0, 0.05) is 24.2 Å². The third-order valence-corrected chi connectivity index (χ3v) is 18.1. The smallest absolute Gasteiger partial charge is 0.390 e. The van der Waals surface area contributed by atoms with E-state index >= 15 is 0 Å². The van der Waals surface area contributed by atoms with Gasteiger partial charge in [-0.2, -0.15) is 18.6 Å². The van der Waals surface area contributed by atoms with Crippen molar-refractivity contribution in [2.24, 2.45) is 23.7 Å². The number of rotatable bonds is 25. The normalized spacial score (nSPS) is 29.2. The number of phosphoric acid groups is 3. The topological polar surface area (TPSA) is 352 Å². The molecule has 0 saturated heterocycles. The Hall–Kier alpha value is -2.59. The predicted molar refractivity (Wildman–Crippen MR) is 265 cm³/mol. The summed E-state index contributed by atoms with van der Waals surface area (Å²) in [7, 11) is -14.5.